The van der Waals surface area contributed by atoms with Gasteiger partial charge in [0.25, 0.3) is 0 Å². The number of aliphatic hydroxyl groups excluding tert-OH is 1. The van der Waals surface area contributed by atoms with Crippen molar-refractivity contribution >= 4 is 5.69 Å². The SMILES string of the molecule is CC1CN(c2c(F)cccc2C(C)N)CC(CO)O1. The van der Waals surface area contributed by atoms with Crippen LogP contribution in [0.4, 0.5) is 10.1 Å². The minimum atomic E-state index is -0.288. The molecule has 0 aromatic heterocycles. The third-order valence-electron chi connectivity index (χ3n) is 3.35. The molecule has 1 heterocycles. The molecule has 1 fully saturated rings. The molecule has 3 unspecified atom stereocenters. The summed E-state index contributed by atoms with van der Waals surface area (Å²) in [7, 11) is 0. The van der Waals surface area contributed by atoms with Gasteiger partial charge in [0.05, 0.1) is 24.5 Å². The van der Waals surface area contributed by atoms with Gasteiger partial charge in [0.2, 0.25) is 0 Å². The molecule has 0 saturated carbocycles. The van der Waals surface area contributed by atoms with Crippen molar-refractivity contribution in [3.8, 4) is 0 Å². The predicted molar refractivity (Wildman–Crippen MR) is 72.6 cm³/mol. The van der Waals surface area contributed by atoms with Crippen LogP contribution < -0.4 is 10.6 Å². The number of halogens is 1. The van der Waals surface area contributed by atoms with Gasteiger partial charge in [-0.25, -0.2) is 4.39 Å². The molecule has 5 heteroatoms. The highest BCUT2D eigenvalue weighted by atomic mass is 19.1. The molecule has 1 saturated heterocycles. The average molecular weight is 268 g/mol. The summed E-state index contributed by atoms with van der Waals surface area (Å²) in [5.74, 6) is -0.277. The second-order valence-electron chi connectivity index (χ2n) is 5.12. The molecule has 19 heavy (non-hydrogen) atoms. The lowest BCUT2D eigenvalue weighted by atomic mass is 10.0. The van der Waals surface area contributed by atoms with Gasteiger partial charge in [-0.15, -0.1) is 0 Å². The van der Waals surface area contributed by atoms with Crippen molar-refractivity contribution in [1.29, 1.82) is 0 Å². The highest BCUT2D eigenvalue weighted by Crippen LogP contribution is 2.30. The molecular weight excluding hydrogens is 247 g/mol. The number of nitrogens with zero attached hydrogens (tertiary/aromatic N) is 1. The molecule has 0 bridgehead atoms. The number of benzene rings is 1. The number of hydrogen-bond donors (Lipinski definition) is 2. The Morgan fingerprint density at radius 3 is 2.89 bits per heavy atom. The van der Waals surface area contributed by atoms with Crippen LogP contribution in [0.25, 0.3) is 0 Å². The van der Waals surface area contributed by atoms with Crippen LogP contribution in [0.2, 0.25) is 0 Å². The molecule has 1 aromatic carbocycles. The molecule has 1 aliphatic heterocycles. The van der Waals surface area contributed by atoms with Crippen LogP contribution in [-0.2, 0) is 4.74 Å². The molecule has 2 rings (SSSR count). The van der Waals surface area contributed by atoms with E-state index in [1.165, 1.54) is 6.07 Å². The first kappa shape index (κ1) is 14.2. The van der Waals surface area contributed by atoms with Crippen molar-refractivity contribution in [3.05, 3.63) is 29.6 Å². The van der Waals surface area contributed by atoms with Crippen LogP contribution in [0.1, 0.15) is 25.5 Å². The molecule has 0 spiro atoms. The van der Waals surface area contributed by atoms with Crippen molar-refractivity contribution in [2.24, 2.45) is 5.73 Å². The molecule has 1 aliphatic rings. The first-order valence-corrected chi connectivity index (χ1v) is 6.58. The molecule has 3 atom stereocenters. The number of para-hydroxylation sites is 1. The Hall–Kier alpha value is -1.17. The van der Waals surface area contributed by atoms with Crippen LogP contribution in [-0.4, -0.2) is 37.0 Å². The summed E-state index contributed by atoms with van der Waals surface area (Å²) in [6.07, 6.45) is -0.337. The number of anilines is 1. The van der Waals surface area contributed by atoms with E-state index in [9.17, 15) is 9.50 Å². The third kappa shape index (κ3) is 3.05. The topological polar surface area (TPSA) is 58.7 Å². The van der Waals surface area contributed by atoms with E-state index in [1.54, 1.807) is 6.07 Å². The van der Waals surface area contributed by atoms with E-state index < -0.39 is 0 Å². The zero-order valence-corrected chi connectivity index (χ0v) is 11.3. The van der Waals surface area contributed by atoms with Crippen LogP contribution in [0.3, 0.4) is 0 Å². The van der Waals surface area contributed by atoms with Crippen molar-refractivity contribution in [2.75, 3.05) is 24.6 Å². The number of ether oxygens (including phenoxy) is 1. The van der Waals surface area contributed by atoms with Gasteiger partial charge in [0.1, 0.15) is 5.82 Å². The Morgan fingerprint density at radius 2 is 2.26 bits per heavy atom. The summed E-state index contributed by atoms with van der Waals surface area (Å²) >= 11 is 0. The van der Waals surface area contributed by atoms with Gasteiger partial charge in [0.15, 0.2) is 0 Å². The van der Waals surface area contributed by atoms with Crippen molar-refractivity contribution in [1.82, 2.24) is 0 Å². The first-order valence-electron chi connectivity index (χ1n) is 6.58. The number of morpholine rings is 1. The fraction of sp³-hybridized carbons (Fsp3) is 0.571. The molecule has 106 valence electrons. The monoisotopic (exact) mass is 268 g/mol. The lowest BCUT2D eigenvalue weighted by Gasteiger charge is -2.38. The van der Waals surface area contributed by atoms with E-state index in [-0.39, 0.29) is 30.7 Å². The zero-order chi connectivity index (χ0) is 14.0. The van der Waals surface area contributed by atoms with Crippen molar-refractivity contribution in [2.45, 2.75) is 32.1 Å². The fourth-order valence-corrected chi connectivity index (χ4v) is 2.56. The van der Waals surface area contributed by atoms with E-state index in [0.29, 0.717) is 18.8 Å². The van der Waals surface area contributed by atoms with Gasteiger partial charge in [-0.1, -0.05) is 12.1 Å². The number of nitrogens with two attached hydrogens (primary N) is 1. The first-order chi connectivity index (χ1) is 9.02. The largest absolute Gasteiger partial charge is 0.394 e. The summed E-state index contributed by atoms with van der Waals surface area (Å²) in [5.41, 5.74) is 7.23. The maximum absolute atomic E-state index is 14.2. The highest BCUT2D eigenvalue weighted by Gasteiger charge is 2.28. The number of hydrogen-bond acceptors (Lipinski definition) is 4. The summed E-state index contributed by atoms with van der Waals surface area (Å²) < 4.78 is 19.7. The van der Waals surface area contributed by atoms with Gasteiger partial charge in [-0.2, -0.15) is 0 Å². The quantitative estimate of drug-likeness (QED) is 0.870. The Morgan fingerprint density at radius 1 is 1.53 bits per heavy atom. The summed E-state index contributed by atoms with van der Waals surface area (Å²) in [4.78, 5) is 1.92. The maximum atomic E-state index is 14.2. The molecule has 4 nitrogen and oxygen atoms in total. The Balaban J connectivity index is 2.35. The van der Waals surface area contributed by atoms with Crippen LogP contribution in [0.5, 0.6) is 0 Å². The van der Waals surface area contributed by atoms with E-state index in [2.05, 4.69) is 0 Å². The molecule has 0 amide bonds. The Bertz CT molecular complexity index is 439. The second-order valence-corrected chi connectivity index (χ2v) is 5.12. The summed E-state index contributed by atoms with van der Waals surface area (Å²) in [6.45, 7) is 4.76. The van der Waals surface area contributed by atoms with Crippen LogP contribution in [0.15, 0.2) is 18.2 Å². The van der Waals surface area contributed by atoms with Gasteiger partial charge in [-0.3, -0.25) is 0 Å². The maximum Gasteiger partial charge on any atom is 0.146 e. The van der Waals surface area contributed by atoms with Gasteiger partial charge in [0, 0.05) is 19.1 Å². The van der Waals surface area contributed by atoms with Crippen molar-refractivity contribution in [3.63, 3.8) is 0 Å². The summed E-state index contributed by atoms with van der Waals surface area (Å²) in [5, 5.41) is 9.25. The van der Waals surface area contributed by atoms with E-state index in [4.69, 9.17) is 10.5 Å². The minimum absolute atomic E-state index is 0.0496. The fourth-order valence-electron chi connectivity index (χ4n) is 2.56. The lowest BCUT2D eigenvalue weighted by Crippen LogP contribution is -2.48. The van der Waals surface area contributed by atoms with Crippen LogP contribution >= 0.6 is 0 Å². The summed E-state index contributed by atoms with van der Waals surface area (Å²) in [6, 6.07) is 4.72. The third-order valence-corrected chi connectivity index (χ3v) is 3.35. The Labute approximate surface area is 113 Å². The minimum Gasteiger partial charge on any atom is -0.394 e. The van der Waals surface area contributed by atoms with Crippen LogP contribution in [0, 0.1) is 5.82 Å². The average Bonchev–Trinajstić information content (AvgIpc) is 2.37. The molecule has 3 N–H and O–H groups in total. The normalized spacial score (nSPS) is 25.4. The molecule has 0 radical (unpaired) electrons. The standard InChI is InChI=1S/C14H21FN2O2/c1-9-6-17(7-11(8-18)19-9)14-12(10(2)16)4-3-5-13(14)15/h3-5,9-11,18H,6-8,16H2,1-2H3. The second kappa shape index (κ2) is 5.86. The molecular formula is C14H21FN2O2. The van der Waals surface area contributed by atoms with E-state index >= 15 is 0 Å². The Kier molecular flexibility index (Phi) is 4.39. The highest BCUT2D eigenvalue weighted by molar-refractivity contribution is 5.56. The smallest absolute Gasteiger partial charge is 0.146 e. The van der Waals surface area contributed by atoms with Gasteiger partial charge in [-0.05, 0) is 25.5 Å². The van der Waals surface area contributed by atoms with E-state index in [0.717, 1.165) is 5.56 Å². The molecule has 1 aromatic rings. The zero-order valence-electron chi connectivity index (χ0n) is 11.3. The molecule has 0 aliphatic carbocycles. The lowest BCUT2D eigenvalue weighted by molar-refractivity contribution is -0.0422. The number of rotatable bonds is 3. The van der Waals surface area contributed by atoms with Gasteiger partial charge < -0.3 is 20.5 Å². The predicted octanol–water partition coefficient (Wildman–Crippen LogP) is 1.43. The van der Waals surface area contributed by atoms with E-state index in [1.807, 2.05) is 24.8 Å². The number of aliphatic hydroxyl groups is 1. The van der Waals surface area contributed by atoms with Crippen molar-refractivity contribution < 1.29 is 14.2 Å². The van der Waals surface area contributed by atoms with Gasteiger partial charge >= 0.3 is 0 Å².